The summed E-state index contributed by atoms with van der Waals surface area (Å²) in [5.41, 5.74) is 1.02. The van der Waals surface area contributed by atoms with Gasteiger partial charge in [-0.15, -0.1) is 0 Å². The van der Waals surface area contributed by atoms with Gasteiger partial charge in [0, 0.05) is 11.8 Å². The van der Waals surface area contributed by atoms with Crippen molar-refractivity contribution in [3.8, 4) is 11.5 Å². The quantitative estimate of drug-likeness (QED) is 0.782. The Morgan fingerprint density at radius 2 is 2.19 bits per heavy atom. The lowest BCUT2D eigenvalue weighted by Crippen LogP contribution is -2.03. The topological polar surface area (TPSA) is 36.3 Å². The summed E-state index contributed by atoms with van der Waals surface area (Å²) in [6.07, 6.45) is 4.68. The molecular formula is C12H13N2O2. The van der Waals surface area contributed by atoms with Crippen molar-refractivity contribution in [2.24, 2.45) is 0 Å². The molecule has 0 aliphatic carbocycles. The maximum absolute atomic E-state index is 5.34. The summed E-state index contributed by atoms with van der Waals surface area (Å²) < 4.78 is 12.3. The van der Waals surface area contributed by atoms with Crippen LogP contribution < -0.4 is 9.47 Å². The van der Waals surface area contributed by atoms with Crippen molar-refractivity contribution in [1.29, 1.82) is 0 Å². The summed E-state index contributed by atoms with van der Waals surface area (Å²) in [6, 6.07) is 7.55. The molecule has 0 fully saturated rings. The molecule has 83 valence electrons. The van der Waals surface area contributed by atoms with Crippen LogP contribution in [0.1, 0.15) is 5.56 Å². The zero-order valence-corrected chi connectivity index (χ0v) is 9.30. The molecule has 1 aromatic carbocycles. The molecule has 0 bridgehead atoms. The molecule has 0 aliphatic rings. The molecule has 1 aromatic heterocycles. The smallest absolute Gasteiger partial charge is 0.165 e. The molecule has 0 N–H and O–H groups in total. The number of methoxy groups -OCH3 is 2. The summed E-state index contributed by atoms with van der Waals surface area (Å²) in [5.74, 6) is 1.47. The summed E-state index contributed by atoms with van der Waals surface area (Å²) in [7, 11) is 3.26. The number of hydrogen-bond acceptors (Lipinski definition) is 3. The first kappa shape index (κ1) is 10.5. The molecule has 4 heteroatoms. The molecule has 0 aliphatic heterocycles. The Balaban J connectivity index is 2.33. The molecule has 2 rings (SSSR count). The second-order valence-electron chi connectivity index (χ2n) is 3.27. The standard InChI is InChI=1S/C12H13N2O2/c1-15-11-6-3-5-10(12(11)16-2)9-14-8-4-7-13-14/h3-7H,9H2,1-2H3. The Kier molecular flexibility index (Phi) is 3.10. The van der Waals surface area contributed by atoms with E-state index in [1.165, 1.54) is 0 Å². The minimum Gasteiger partial charge on any atom is -0.493 e. The number of hydrogen-bond donors (Lipinski definition) is 0. The Morgan fingerprint density at radius 3 is 2.81 bits per heavy atom. The van der Waals surface area contributed by atoms with Crippen LogP contribution in [0.25, 0.3) is 0 Å². The average Bonchev–Trinajstić information content (AvgIpc) is 2.81. The van der Waals surface area contributed by atoms with Crippen LogP contribution in [-0.2, 0) is 6.54 Å². The SMILES string of the molecule is COc1cccc(Cn2[c]ccn2)c1OC. The monoisotopic (exact) mass is 217 g/mol. The van der Waals surface area contributed by atoms with E-state index in [1.54, 1.807) is 31.2 Å². The van der Waals surface area contributed by atoms with Crippen molar-refractivity contribution in [2.45, 2.75) is 6.54 Å². The van der Waals surface area contributed by atoms with Gasteiger partial charge in [-0.3, -0.25) is 4.68 Å². The van der Waals surface area contributed by atoms with E-state index in [0.717, 1.165) is 17.1 Å². The lowest BCUT2D eigenvalue weighted by molar-refractivity contribution is 0.350. The first-order valence-electron chi connectivity index (χ1n) is 4.94. The summed E-state index contributed by atoms with van der Waals surface area (Å²) in [4.78, 5) is 0. The molecule has 1 heterocycles. The van der Waals surface area contributed by atoms with Gasteiger partial charge in [-0.1, -0.05) is 12.1 Å². The van der Waals surface area contributed by atoms with Crippen molar-refractivity contribution < 1.29 is 9.47 Å². The van der Waals surface area contributed by atoms with Crippen LogP contribution in [0.4, 0.5) is 0 Å². The molecule has 2 aromatic rings. The molecule has 1 radical (unpaired) electrons. The molecular weight excluding hydrogens is 204 g/mol. The second kappa shape index (κ2) is 4.70. The highest BCUT2D eigenvalue weighted by Gasteiger charge is 2.09. The van der Waals surface area contributed by atoms with Crippen LogP contribution in [0.15, 0.2) is 30.5 Å². The van der Waals surface area contributed by atoms with E-state index >= 15 is 0 Å². The van der Waals surface area contributed by atoms with Crippen LogP contribution in [0, 0.1) is 6.20 Å². The molecule has 0 atom stereocenters. The van der Waals surface area contributed by atoms with Crippen LogP contribution in [0.5, 0.6) is 11.5 Å². The van der Waals surface area contributed by atoms with Crippen LogP contribution in [0.3, 0.4) is 0 Å². The van der Waals surface area contributed by atoms with Crippen molar-refractivity contribution in [2.75, 3.05) is 14.2 Å². The highest BCUT2D eigenvalue weighted by Crippen LogP contribution is 2.30. The summed E-state index contributed by atoms with van der Waals surface area (Å²) in [5, 5.41) is 4.11. The van der Waals surface area contributed by atoms with Crippen molar-refractivity contribution in [3.63, 3.8) is 0 Å². The largest absolute Gasteiger partial charge is 0.493 e. The summed E-state index contributed by atoms with van der Waals surface area (Å²) in [6.45, 7) is 0.618. The van der Waals surface area contributed by atoms with Crippen LogP contribution in [0.2, 0.25) is 0 Å². The zero-order valence-electron chi connectivity index (χ0n) is 9.30. The number of rotatable bonds is 4. The minimum atomic E-state index is 0.618. The maximum Gasteiger partial charge on any atom is 0.165 e. The van der Waals surface area contributed by atoms with Gasteiger partial charge in [0.2, 0.25) is 0 Å². The van der Waals surface area contributed by atoms with Gasteiger partial charge in [-0.25, -0.2) is 0 Å². The Morgan fingerprint density at radius 1 is 1.31 bits per heavy atom. The fourth-order valence-corrected chi connectivity index (χ4v) is 1.59. The van der Waals surface area contributed by atoms with E-state index < -0.39 is 0 Å². The fourth-order valence-electron chi connectivity index (χ4n) is 1.59. The Labute approximate surface area is 94.4 Å². The molecule has 0 saturated heterocycles. The number of nitrogens with zero attached hydrogens (tertiary/aromatic N) is 2. The third-order valence-electron chi connectivity index (χ3n) is 2.31. The van der Waals surface area contributed by atoms with E-state index in [2.05, 4.69) is 11.3 Å². The maximum atomic E-state index is 5.34. The molecule has 0 amide bonds. The van der Waals surface area contributed by atoms with Gasteiger partial charge in [0.1, 0.15) is 0 Å². The van der Waals surface area contributed by atoms with Gasteiger partial charge in [0.25, 0.3) is 0 Å². The first-order valence-corrected chi connectivity index (χ1v) is 4.94. The van der Waals surface area contributed by atoms with Gasteiger partial charge >= 0.3 is 0 Å². The number of benzene rings is 1. The normalized spacial score (nSPS) is 10.1. The zero-order chi connectivity index (χ0) is 11.4. The first-order chi connectivity index (χ1) is 7.85. The van der Waals surface area contributed by atoms with Gasteiger partial charge in [-0.05, 0) is 12.1 Å². The molecule has 16 heavy (non-hydrogen) atoms. The number of para-hydroxylation sites is 1. The summed E-state index contributed by atoms with van der Waals surface area (Å²) >= 11 is 0. The highest BCUT2D eigenvalue weighted by molar-refractivity contribution is 5.46. The molecule has 0 unspecified atom stereocenters. The number of aromatic nitrogens is 2. The fraction of sp³-hybridized carbons (Fsp3) is 0.250. The van der Waals surface area contributed by atoms with E-state index in [9.17, 15) is 0 Å². The third-order valence-corrected chi connectivity index (χ3v) is 2.31. The van der Waals surface area contributed by atoms with Crippen LogP contribution >= 0.6 is 0 Å². The van der Waals surface area contributed by atoms with Crippen molar-refractivity contribution in [3.05, 3.63) is 42.2 Å². The molecule has 0 saturated carbocycles. The second-order valence-corrected chi connectivity index (χ2v) is 3.27. The van der Waals surface area contributed by atoms with E-state index in [0.29, 0.717) is 6.54 Å². The van der Waals surface area contributed by atoms with Crippen molar-refractivity contribution >= 4 is 0 Å². The van der Waals surface area contributed by atoms with E-state index in [4.69, 9.17) is 9.47 Å². The third kappa shape index (κ3) is 2.00. The lowest BCUT2D eigenvalue weighted by atomic mass is 10.2. The Bertz CT molecular complexity index is 452. The molecule has 4 nitrogen and oxygen atoms in total. The van der Waals surface area contributed by atoms with Gasteiger partial charge in [0.05, 0.1) is 27.0 Å². The lowest BCUT2D eigenvalue weighted by Gasteiger charge is -2.12. The predicted molar refractivity (Wildman–Crippen MR) is 59.7 cm³/mol. The average molecular weight is 217 g/mol. The Hall–Kier alpha value is -1.97. The van der Waals surface area contributed by atoms with Gasteiger partial charge in [0.15, 0.2) is 11.5 Å². The number of ether oxygens (including phenoxy) is 2. The molecule has 0 spiro atoms. The van der Waals surface area contributed by atoms with Crippen molar-refractivity contribution in [1.82, 2.24) is 9.78 Å². The minimum absolute atomic E-state index is 0.618. The van der Waals surface area contributed by atoms with Gasteiger partial charge in [-0.2, -0.15) is 5.10 Å². The predicted octanol–water partition coefficient (Wildman–Crippen LogP) is 1.75. The highest BCUT2D eigenvalue weighted by atomic mass is 16.5. The van der Waals surface area contributed by atoms with Gasteiger partial charge < -0.3 is 9.47 Å². The van der Waals surface area contributed by atoms with E-state index in [-0.39, 0.29) is 0 Å². The van der Waals surface area contributed by atoms with Crippen LogP contribution in [-0.4, -0.2) is 24.0 Å². The van der Waals surface area contributed by atoms with E-state index in [1.807, 2.05) is 18.2 Å².